The van der Waals surface area contributed by atoms with Crippen molar-refractivity contribution in [3.8, 4) is 6.07 Å². The highest BCUT2D eigenvalue weighted by molar-refractivity contribution is 6.35. The van der Waals surface area contributed by atoms with Crippen molar-refractivity contribution in [2.75, 3.05) is 17.2 Å². The van der Waals surface area contributed by atoms with Gasteiger partial charge >= 0.3 is 0 Å². The van der Waals surface area contributed by atoms with Gasteiger partial charge in [-0.2, -0.15) is 10.4 Å². The van der Waals surface area contributed by atoms with Gasteiger partial charge in [0.05, 0.1) is 39.0 Å². The Kier molecular flexibility index (Phi) is 6.25. The lowest BCUT2D eigenvalue weighted by molar-refractivity contribution is 0.260. The average molecular weight is 542 g/mol. The maximum Gasteiger partial charge on any atom is 0.103 e. The molecular formula is C29H32ClN9. The molecule has 10 heteroatoms. The number of nitriles is 1. The highest BCUT2D eigenvalue weighted by atomic mass is 35.5. The average Bonchev–Trinajstić information content (AvgIpc) is 3.49. The first kappa shape index (κ1) is 25.3. The van der Waals surface area contributed by atoms with Crippen LogP contribution < -0.4 is 21.6 Å². The number of aryl methyl sites for hydroxylation is 1. The van der Waals surface area contributed by atoms with Crippen LogP contribution in [0, 0.1) is 16.7 Å². The van der Waals surface area contributed by atoms with Gasteiger partial charge in [0.1, 0.15) is 6.07 Å². The minimum Gasteiger partial charge on any atom is -0.383 e. The van der Waals surface area contributed by atoms with Crippen LogP contribution >= 0.6 is 11.6 Å². The minimum absolute atomic E-state index is 0.0243. The summed E-state index contributed by atoms with van der Waals surface area (Å²) >= 11 is 6.80. The Morgan fingerprint density at radius 2 is 2.05 bits per heavy atom. The predicted molar refractivity (Wildman–Crippen MR) is 156 cm³/mol. The SMILES string of the molecule is Cn1cc2c([C@H](Nc3cc(Cl)c4ncc(C#N)c(NCC(C)(C)C)c4c3)C3=CN(C4CC4)NN3)cccc2n1. The standard InChI is InChI=1S/C29H32ClN9/c1-29(2,3)16-33-26-17(12-31)13-32-27-21(26)10-18(11-23(27)30)34-28(25-15-39(37-35-25)19-8-9-19)20-6-5-7-24-22(20)14-38(4)36-24/h5-7,10-11,13-15,19,28,34-35,37H,8-9,16H2,1-4H3,(H,32,33)/t28-/m0/s1. The fraction of sp³-hybridized carbons (Fsp3) is 0.345. The normalized spacial score (nSPS) is 16.2. The lowest BCUT2D eigenvalue weighted by atomic mass is 9.96. The van der Waals surface area contributed by atoms with Crippen LogP contribution in [0.25, 0.3) is 21.8 Å². The van der Waals surface area contributed by atoms with Crippen LogP contribution in [0.1, 0.15) is 50.8 Å². The van der Waals surface area contributed by atoms with Gasteiger partial charge in [-0.15, -0.1) is 5.53 Å². The molecule has 2 aromatic heterocycles. The molecule has 1 aliphatic carbocycles. The lowest BCUT2D eigenvalue weighted by Gasteiger charge is -2.24. The zero-order valence-corrected chi connectivity index (χ0v) is 23.3. The molecule has 200 valence electrons. The molecule has 6 rings (SSSR count). The van der Waals surface area contributed by atoms with Gasteiger partial charge in [-0.1, -0.05) is 44.5 Å². The number of nitrogens with zero attached hydrogens (tertiary/aromatic N) is 5. The monoisotopic (exact) mass is 541 g/mol. The van der Waals surface area contributed by atoms with Crippen molar-refractivity contribution in [2.24, 2.45) is 12.5 Å². The van der Waals surface area contributed by atoms with Crippen LogP contribution in [0.2, 0.25) is 5.02 Å². The van der Waals surface area contributed by atoms with Gasteiger partial charge in [-0.05, 0) is 42.0 Å². The predicted octanol–water partition coefficient (Wildman–Crippen LogP) is 5.59. The summed E-state index contributed by atoms with van der Waals surface area (Å²) in [6, 6.07) is 12.7. The Bertz CT molecular complexity index is 1640. The molecule has 0 unspecified atom stereocenters. The van der Waals surface area contributed by atoms with Crippen LogP contribution in [0.4, 0.5) is 11.4 Å². The molecular weight excluding hydrogens is 510 g/mol. The highest BCUT2D eigenvalue weighted by Crippen LogP contribution is 2.38. The van der Waals surface area contributed by atoms with E-state index in [-0.39, 0.29) is 11.5 Å². The summed E-state index contributed by atoms with van der Waals surface area (Å²) in [4.78, 5) is 4.52. The molecule has 2 aliphatic rings. The maximum atomic E-state index is 9.85. The first-order chi connectivity index (χ1) is 18.7. The summed E-state index contributed by atoms with van der Waals surface area (Å²) in [7, 11) is 1.94. The number of benzene rings is 2. The van der Waals surface area contributed by atoms with E-state index in [2.05, 4.69) is 75.8 Å². The van der Waals surface area contributed by atoms with E-state index in [4.69, 9.17) is 11.6 Å². The van der Waals surface area contributed by atoms with E-state index in [0.717, 1.165) is 38.9 Å². The third-order valence-corrected chi connectivity index (χ3v) is 7.31. The van der Waals surface area contributed by atoms with Gasteiger partial charge in [0.2, 0.25) is 0 Å². The number of hydrogen-bond acceptors (Lipinski definition) is 8. The Morgan fingerprint density at radius 3 is 2.79 bits per heavy atom. The third-order valence-electron chi connectivity index (χ3n) is 7.02. The molecule has 2 aromatic carbocycles. The van der Waals surface area contributed by atoms with E-state index < -0.39 is 0 Å². The quantitative estimate of drug-likeness (QED) is 0.240. The number of pyridine rings is 1. The van der Waals surface area contributed by atoms with Crippen LogP contribution in [0.5, 0.6) is 0 Å². The summed E-state index contributed by atoms with van der Waals surface area (Å²) in [5.41, 5.74) is 12.4. The first-order valence-corrected chi connectivity index (χ1v) is 13.5. The molecule has 3 heterocycles. The topological polar surface area (TPSA) is 106 Å². The van der Waals surface area contributed by atoms with Gasteiger partial charge in [0.15, 0.2) is 0 Å². The zero-order valence-electron chi connectivity index (χ0n) is 22.5. The second-order valence-corrected chi connectivity index (χ2v) is 12.0. The second kappa shape index (κ2) is 9.63. The molecule has 1 fully saturated rings. The number of anilines is 2. The smallest absolute Gasteiger partial charge is 0.103 e. The third kappa shape index (κ3) is 5.05. The summed E-state index contributed by atoms with van der Waals surface area (Å²) < 4.78 is 1.84. The van der Waals surface area contributed by atoms with E-state index in [9.17, 15) is 5.26 Å². The summed E-state index contributed by atoms with van der Waals surface area (Å²) in [5, 5.41) is 26.2. The van der Waals surface area contributed by atoms with Crippen molar-refractivity contribution in [3.05, 3.63) is 70.8 Å². The highest BCUT2D eigenvalue weighted by Gasteiger charge is 2.33. The van der Waals surface area contributed by atoms with Crippen molar-refractivity contribution in [3.63, 3.8) is 0 Å². The van der Waals surface area contributed by atoms with Crippen molar-refractivity contribution in [2.45, 2.75) is 45.7 Å². The van der Waals surface area contributed by atoms with Gasteiger partial charge in [0.25, 0.3) is 0 Å². The van der Waals surface area contributed by atoms with E-state index in [1.54, 1.807) is 6.20 Å². The Morgan fingerprint density at radius 1 is 1.23 bits per heavy atom. The van der Waals surface area contributed by atoms with Crippen LogP contribution in [0.15, 0.2) is 54.6 Å². The molecule has 0 bridgehead atoms. The van der Waals surface area contributed by atoms with Gasteiger partial charge in [0, 0.05) is 54.7 Å². The summed E-state index contributed by atoms with van der Waals surface area (Å²) in [6.07, 6.45) is 8.12. The number of hydrogen-bond donors (Lipinski definition) is 4. The number of rotatable bonds is 7. The van der Waals surface area contributed by atoms with E-state index >= 15 is 0 Å². The molecule has 1 aliphatic heterocycles. The number of halogens is 1. The van der Waals surface area contributed by atoms with E-state index in [1.807, 2.05) is 42.2 Å². The molecule has 0 radical (unpaired) electrons. The molecule has 0 spiro atoms. The molecule has 4 N–H and O–H groups in total. The van der Waals surface area contributed by atoms with Crippen molar-refractivity contribution >= 4 is 44.8 Å². The molecule has 4 aromatic rings. The van der Waals surface area contributed by atoms with E-state index in [0.29, 0.717) is 28.7 Å². The van der Waals surface area contributed by atoms with Crippen LogP contribution in [0.3, 0.4) is 0 Å². The Balaban J connectivity index is 1.45. The van der Waals surface area contributed by atoms with Gasteiger partial charge in [-0.3, -0.25) is 14.7 Å². The summed E-state index contributed by atoms with van der Waals surface area (Å²) in [5.74, 6) is 0. The molecule has 0 saturated heterocycles. The fourth-order valence-corrected chi connectivity index (χ4v) is 5.20. The largest absolute Gasteiger partial charge is 0.383 e. The van der Waals surface area contributed by atoms with Crippen molar-refractivity contribution in [1.29, 1.82) is 5.26 Å². The Hall–Kier alpha value is -4.00. The Labute approximate surface area is 232 Å². The molecule has 39 heavy (non-hydrogen) atoms. The number of fused-ring (bicyclic) bond motifs is 2. The zero-order chi connectivity index (χ0) is 27.3. The molecule has 9 nitrogen and oxygen atoms in total. The van der Waals surface area contributed by atoms with E-state index in [1.165, 1.54) is 12.8 Å². The second-order valence-electron chi connectivity index (χ2n) is 11.5. The first-order valence-electron chi connectivity index (χ1n) is 13.2. The van der Waals surface area contributed by atoms with Crippen molar-refractivity contribution in [1.82, 2.24) is 30.7 Å². The van der Waals surface area contributed by atoms with Gasteiger partial charge in [-0.25, -0.2) is 0 Å². The van der Waals surface area contributed by atoms with Crippen molar-refractivity contribution < 1.29 is 0 Å². The molecule has 1 saturated carbocycles. The lowest BCUT2D eigenvalue weighted by Crippen LogP contribution is -2.38. The fourth-order valence-electron chi connectivity index (χ4n) is 4.94. The number of aromatic nitrogens is 3. The van der Waals surface area contributed by atoms with Gasteiger partial charge < -0.3 is 16.1 Å². The number of hydrazine groups is 2. The molecule has 1 atom stereocenters. The number of nitrogens with one attached hydrogen (secondary N) is 4. The van der Waals surface area contributed by atoms with Crippen LogP contribution in [-0.4, -0.2) is 32.4 Å². The summed E-state index contributed by atoms with van der Waals surface area (Å²) in [6.45, 7) is 7.15. The maximum absolute atomic E-state index is 9.85. The van der Waals surface area contributed by atoms with Crippen LogP contribution in [-0.2, 0) is 7.05 Å². The molecule has 0 amide bonds. The minimum atomic E-state index is -0.222.